The van der Waals surface area contributed by atoms with Gasteiger partial charge in [0.15, 0.2) is 0 Å². The van der Waals surface area contributed by atoms with E-state index < -0.39 is 11.7 Å². The highest BCUT2D eigenvalue weighted by Gasteiger charge is 2.33. The second-order valence-corrected chi connectivity index (χ2v) is 4.85. The van der Waals surface area contributed by atoms with Crippen molar-refractivity contribution in [1.82, 2.24) is 14.8 Å². The Morgan fingerprint density at radius 2 is 2.05 bits per heavy atom. The highest BCUT2D eigenvalue weighted by Crippen LogP contribution is 2.31. The summed E-state index contributed by atoms with van der Waals surface area (Å²) in [5.74, 6) is 0.588. The van der Waals surface area contributed by atoms with Crippen molar-refractivity contribution in [2.45, 2.75) is 33.1 Å². The Hall–Kier alpha value is -2.09. The molecule has 5 nitrogen and oxygen atoms in total. The molecule has 0 amide bonds. The van der Waals surface area contributed by atoms with Crippen LogP contribution < -0.4 is 5.32 Å². The number of aliphatic hydroxyl groups excluding tert-OH is 1. The maximum atomic E-state index is 12.9. The predicted molar refractivity (Wildman–Crippen MR) is 75.4 cm³/mol. The third kappa shape index (κ3) is 3.38. The molecule has 2 aromatic heterocycles. The molecule has 0 unspecified atom stereocenters. The first-order chi connectivity index (χ1) is 10.3. The fourth-order valence-corrected chi connectivity index (χ4v) is 2.16. The van der Waals surface area contributed by atoms with Gasteiger partial charge in [0, 0.05) is 11.8 Å². The van der Waals surface area contributed by atoms with Gasteiger partial charge in [-0.3, -0.25) is 4.98 Å². The van der Waals surface area contributed by atoms with Gasteiger partial charge in [-0.05, 0) is 26.0 Å². The Labute approximate surface area is 125 Å². The maximum Gasteiger partial charge on any atom is 0.418 e. The number of nitrogens with one attached hydrogen (secondary N) is 1. The number of aryl methyl sites for hydroxylation is 1. The Morgan fingerprint density at radius 1 is 1.32 bits per heavy atom. The van der Waals surface area contributed by atoms with E-state index in [4.69, 9.17) is 5.11 Å². The molecular weight excluding hydrogens is 297 g/mol. The number of aromatic nitrogens is 3. The topological polar surface area (TPSA) is 63.0 Å². The normalized spacial score (nSPS) is 11.7. The van der Waals surface area contributed by atoms with Gasteiger partial charge in [-0.1, -0.05) is 0 Å². The van der Waals surface area contributed by atoms with Crippen LogP contribution in [0.3, 0.4) is 0 Å². The number of nitrogens with zero attached hydrogens (tertiary/aromatic N) is 3. The van der Waals surface area contributed by atoms with Crippen molar-refractivity contribution in [2.24, 2.45) is 0 Å². The summed E-state index contributed by atoms with van der Waals surface area (Å²) < 4.78 is 40.4. The molecule has 0 atom stereocenters. The van der Waals surface area contributed by atoms with Gasteiger partial charge in [-0.25, -0.2) is 4.68 Å². The van der Waals surface area contributed by atoms with E-state index in [9.17, 15) is 13.2 Å². The number of anilines is 1. The largest absolute Gasteiger partial charge is 0.418 e. The van der Waals surface area contributed by atoms with Gasteiger partial charge in [0.2, 0.25) is 0 Å². The highest BCUT2D eigenvalue weighted by molar-refractivity contribution is 5.47. The SMILES string of the molecule is Cc1nn(CCO)c(NCc2ncccc2C(F)(F)F)c1C. The van der Waals surface area contributed by atoms with Gasteiger partial charge in [-0.2, -0.15) is 18.3 Å². The van der Waals surface area contributed by atoms with Crippen LogP contribution in [0, 0.1) is 13.8 Å². The zero-order valence-corrected chi connectivity index (χ0v) is 12.3. The lowest BCUT2D eigenvalue weighted by Crippen LogP contribution is -2.15. The average molecular weight is 314 g/mol. The summed E-state index contributed by atoms with van der Waals surface area (Å²) in [6.45, 7) is 3.71. The molecule has 0 radical (unpaired) electrons. The minimum atomic E-state index is -4.44. The summed E-state index contributed by atoms with van der Waals surface area (Å²) in [6.07, 6.45) is -3.11. The number of halogens is 3. The first kappa shape index (κ1) is 16.3. The predicted octanol–water partition coefficient (Wildman–Crippen LogP) is 2.52. The third-order valence-corrected chi connectivity index (χ3v) is 3.36. The molecule has 0 aromatic carbocycles. The molecule has 0 saturated carbocycles. The summed E-state index contributed by atoms with van der Waals surface area (Å²) in [7, 11) is 0. The number of alkyl halides is 3. The zero-order valence-electron chi connectivity index (χ0n) is 12.3. The van der Waals surface area contributed by atoms with Gasteiger partial charge in [0.1, 0.15) is 5.82 Å². The van der Waals surface area contributed by atoms with Crippen LogP contribution in [-0.4, -0.2) is 26.5 Å². The van der Waals surface area contributed by atoms with Crippen LogP contribution in [0.5, 0.6) is 0 Å². The molecule has 0 aliphatic carbocycles. The lowest BCUT2D eigenvalue weighted by atomic mass is 10.2. The maximum absolute atomic E-state index is 12.9. The van der Waals surface area contributed by atoms with E-state index in [1.807, 2.05) is 6.92 Å². The molecule has 2 rings (SSSR count). The number of hydrogen-bond acceptors (Lipinski definition) is 4. The van der Waals surface area contributed by atoms with Crippen molar-refractivity contribution in [3.05, 3.63) is 40.8 Å². The quantitative estimate of drug-likeness (QED) is 0.890. The zero-order chi connectivity index (χ0) is 16.3. The number of aliphatic hydroxyl groups is 1. The average Bonchev–Trinajstić information content (AvgIpc) is 2.71. The van der Waals surface area contributed by atoms with Crippen molar-refractivity contribution < 1.29 is 18.3 Å². The molecule has 0 aliphatic rings. The number of rotatable bonds is 5. The van der Waals surface area contributed by atoms with Crippen LogP contribution in [0.4, 0.5) is 19.0 Å². The second-order valence-electron chi connectivity index (χ2n) is 4.85. The Kier molecular flexibility index (Phi) is 4.70. The fraction of sp³-hybridized carbons (Fsp3) is 0.429. The molecule has 120 valence electrons. The monoisotopic (exact) mass is 314 g/mol. The van der Waals surface area contributed by atoms with Crippen LogP contribution in [0.15, 0.2) is 18.3 Å². The van der Waals surface area contributed by atoms with E-state index in [2.05, 4.69) is 15.4 Å². The minimum absolute atomic E-state index is 0.0763. The van der Waals surface area contributed by atoms with E-state index in [1.165, 1.54) is 12.3 Å². The first-order valence-electron chi connectivity index (χ1n) is 6.74. The van der Waals surface area contributed by atoms with Gasteiger partial charge >= 0.3 is 6.18 Å². The summed E-state index contributed by atoms with van der Waals surface area (Å²) in [5, 5.41) is 16.2. The van der Waals surface area contributed by atoms with Crippen LogP contribution in [0.2, 0.25) is 0 Å². The van der Waals surface area contributed by atoms with Gasteiger partial charge in [0.05, 0.1) is 36.6 Å². The third-order valence-electron chi connectivity index (χ3n) is 3.36. The van der Waals surface area contributed by atoms with Crippen LogP contribution in [0.25, 0.3) is 0 Å². The molecule has 0 saturated heterocycles. The van der Waals surface area contributed by atoms with Crippen molar-refractivity contribution >= 4 is 5.82 Å². The Bertz CT molecular complexity index is 652. The molecular formula is C14H17F3N4O. The number of hydrogen-bond donors (Lipinski definition) is 2. The summed E-state index contributed by atoms with van der Waals surface area (Å²) >= 11 is 0. The standard InChI is InChI=1S/C14H17F3N4O/c1-9-10(2)20-21(6-7-22)13(9)19-8-12-11(14(15,16)17)4-3-5-18-12/h3-5,19,22H,6-8H2,1-2H3. The van der Waals surface area contributed by atoms with E-state index in [0.29, 0.717) is 5.82 Å². The molecule has 0 bridgehead atoms. The van der Waals surface area contributed by atoms with E-state index in [0.717, 1.165) is 17.3 Å². The molecule has 22 heavy (non-hydrogen) atoms. The summed E-state index contributed by atoms with van der Waals surface area (Å²) in [4.78, 5) is 3.81. The van der Waals surface area contributed by atoms with Gasteiger partial charge in [0.25, 0.3) is 0 Å². The summed E-state index contributed by atoms with van der Waals surface area (Å²) in [5.41, 5.74) is 0.750. The summed E-state index contributed by atoms with van der Waals surface area (Å²) in [6, 6.07) is 2.27. The van der Waals surface area contributed by atoms with Crippen LogP contribution >= 0.6 is 0 Å². The van der Waals surface area contributed by atoms with Gasteiger partial charge < -0.3 is 10.4 Å². The molecule has 2 aromatic rings. The van der Waals surface area contributed by atoms with Crippen molar-refractivity contribution in [3.8, 4) is 0 Å². The fourth-order valence-electron chi connectivity index (χ4n) is 2.16. The molecule has 2 N–H and O–H groups in total. The molecule has 2 heterocycles. The minimum Gasteiger partial charge on any atom is -0.394 e. The van der Waals surface area contributed by atoms with E-state index in [-0.39, 0.29) is 25.4 Å². The molecule has 0 aliphatic heterocycles. The molecule has 0 fully saturated rings. The molecule has 0 spiro atoms. The van der Waals surface area contributed by atoms with Gasteiger partial charge in [-0.15, -0.1) is 0 Å². The smallest absolute Gasteiger partial charge is 0.394 e. The Balaban J connectivity index is 2.25. The van der Waals surface area contributed by atoms with E-state index in [1.54, 1.807) is 11.6 Å². The van der Waals surface area contributed by atoms with Crippen molar-refractivity contribution in [3.63, 3.8) is 0 Å². The van der Waals surface area contributed by atoms with Crippen LogP contribution in [-0.2, 0) is 19.3 Å². The lowest BCUT2D eigenvalue weighted by molar-refractivity contribution is -0.138. The lowest BCUT2D eigenvalue weighted by Gasteiger charge is -2.14. The van der Waals surface area contributed by atoms with Crippen molar-refractivity contribution in [1.29, 1.82) is 0 Å². The van der Waals surface area contributed by atoms with E-state index >= 15 is 0 Å². The van der Waals surface area contributed by atoms with Crippen LogP contribution in [0.1, 0.15) is 22.5 Å². The first-order valence-corrected chi connectivity index (χ1v) is 6.74. The van der Waals surface area contributed by atoms with Crippen molar-refractivity contribution in [2.75, 3.05) is 11.9 Å². The highest BCUT2D eigenvalue weighted by atomic mass is 19.4. The Morgan fingerprint density at radius 3 is 2.68 bits per heavy atom. The second kappa shape index (κ2) is 6.35. The molecule has 8 heteroatoms. The number of pyridine rings is 1.